The van der Waals surface area contributed by atoms with E-state index in [1.807, 2.05) is 19.1 Å². The number of imidazole rings is 1. The van der Waals surface area contributed by atoms with Gasteiger partial charge in [-0.1, -0.05) is 6.07 Å². The summed E-state index contributed by atoms with van der Waals surface area (Å²) in [5.74, 6) is -0.709. The van der Waals surface area contributed by atoms with Crippen LogP contribution in [0.15, 0.2) is 41.3 Å². The van der Waals surface area contributed by atoms with Crippen LogP contribution in [-0.4, -0.2) is 32.7 Å². The number of halogens is 1. The Balaban J connectivity index is 1.78. The minimum atomic E-state index is -3.75. The van der Waals surface area contributed by atoms with Crippen LogP contribution in [0.5, 0.6) is 0 Å². The number of hydrogen-bond acceptors (Lipinski definition) is 6. The number of aromatic amines is 1. The smallest absolute Gasteiger partial charge is 0.305 e. The van der Waals surface area contributed by atoms with E-state index in [2.05, 4.69) is 15.0 Å². The molecule has 3 aromatic heterocycles. The molecule has 0 amide bonds. The van der Waals surface area contributed by atoms with E-state index in [9.17, 15) is 13.8 Å². The topological polar surface area (TPSA) is 99.1 Å². The maximum absolute atomic E-state index is 14.9. The summed E-state index contributed by atoms with van der Waals surface area (Å²) in [6.45, 7) is 5.54. The van der Waals surface area contributed by atoms with E-state index < -0.39 is 13.4 Å². The van der Waals surface area contributed by atoms with Gasteiger partial charge in [-0.3, -0.25) is 9.13 Å². The van der Waals surface area contributed by atoms with Crippen LogP contribution in [0.25, 0.3) is 22.1 Å². The third-order valence-electron chi connectivity index (χ3n) is 4.84. The van der Waals surface area contributed by atoms with Gasteiger partial charge in [0.25, 0.3) is 0 Å². The van der Waals surface area contributed by atoms with Gasteiger partial charge in [0.1, 0.15) is 5.82 Å². The highest BCUT2D eigenvalue weighted by Crippen LogP contribution is 2.47. The summed E-state index contributed by atoms with van der Waals surface area (Å²) in [6, 6.07) is 7.96. The van der Waals surface area contributed by atoms with Gasteiger partial charge < -0.3 is 14.0 Å². The van der Waals surface area contributed by atoms with Gasteiger partial charge in [-0.15, -0.1) is 0 Å². The molecular weight excluding hydrogens is 422 g/mol. The van der Waals surface area contributed by atoms with Gasteiger partial charge in [-0.2, -0.15) is 0 Å². The largest absolute Gasteiger partial charge is 0.364 e. The lowest BCUT2D eigenvalue weighted by molar-refractivity contribution is 0.229. The molecule has 0 saturated heterocycles. The van der Waals surface area contributed by atoms with Crippen LogP contribution in [0.4, 0.5) is 4.39 Å². The second-order valence-corrected chi connectivity index (χ2v) is 8.97. The van der Waals surface area contributed by atoms with E-state index in [0.717, 1.165) is 11.1 Å². The highest BCUT2D eigenvalue weighted by Gasteiger charge is 2.30. The number of nitrogens with one attached hydrogen (secondary N) is 1. The van der Waals surface area contributed by atoms with Crippen molar-refractivity contribution >= 4 is 35.0 Å². The van der Waals surface area contributed by atoms with Gasteiger partial charge in [0.15, 0.2) is 5.65 Å². The lowest BCUT2D eigenvalue weighted by Crippen LogP contribution is -2.19. The molecule has 0 aliphatic rings. The molecule has 8 nitrogen and oxygen atoms in total. The minimum Gasteiger partial charge on any atom is -0.305 e. The van der Waals surface area contributed by atoms with Crippen molar-refractivity contribution in [2.45, 2.75) is 27.3 Å². The quantitative estimate of drug-likeness (QED) is 0.437. The van der Waals surface area contributed by atoms with Crippen molar-refractivity contribution in [1.82, 2.24) is 19.5 Å². The SMILES string of the molecule is CCOP(=O)(OCC)c1ccc(Cn2c(=O)[nH]c3cnc4nc(C)ccc4c32)cc1F. The van der Waals surface area contributed by atoms with Crippen LogP contribution >= 0.6 is 7.60 Å². The molecule has 0 radical (unpaired) electrons. The van der Waals surface area contributed by atoms with Crippen molar-refractivity contribution in [3.8, 4) is 0 Å². The van der Waals surface area contributed by atoms with E-state index >= 15 is 0 Å². The number of benzene rings is 1. The van der Waals surface area contributed by atoms with Crippen LogP contribution < -0.4 is 11.0 Å². The maximum Gasteiger partial charge on any atom is 0.364 e. The number of H-pyrrole nitrogens is 1. The van der Waals surface area contributed by atoms with Gasteiger partial charge in [0, 0.05) is 11.1 Å². The number of aromatic nitrogens is 4. The molecule has 0 unspecified atom stereocenters. The molecule has 0 fully saturated rings. The van der Waals surface area contributed by atoms with Crippen LogP contribution in [-0.2, 0) is 20.2 Å². The number of pyridine rings is 2. The van der Waals surface area contributed by atoms with Crippen molar-refractivity contribution in [1.29, 1.82) is 0 Å². The molecular formula is C21H22FN4O4P. The van der Waals surface area contributed by atoms with Gasteiger partial charge in [-0.25, -0.2) is 19.2 Å². The summed E-state index contributed by atoms with van der Waals surface area (Å²) in [7, 11) is -3.75. The molecule has 1 N–H and O–H groups in total. The van der Waals surface area contributed by atoms with E-state index in [1.165, 1.54) is 16.7 Å². The number of nitrogens with zero attached hydrogens (tertiary/aromatic N) is 3. The first kappa shape index (κ1) is 21.4. The molecule has 0 aliphatic carbocycles. The van der Waals surface area contributed by atoms with E-state index in [4.69, 9.17) is 9.05 Å². The standard InChI is InChI=1S/C21H22FN4O4P/c1-4-29-31(28,30-5-2)18-9-7-14(10-16(18)22)12-26-19-15-8-6-13(3)24-20(15)23-11-17(19)25-21(26)27/h6-11H,4-5,12H2,1-3H3,(H,25,27). The normalized spacial score (nSPS) is 12.1. The molecule has 0 saturated carbocycles. The van der Waals surface area contributed by atoms with Gasteiger partial charge in [-0.05, 0) is 50.6 Å². The lowest BCUT2D eigenvalue weighted by atomic mass is 10.2. The second-order valence-electron chi connectivity index (χ2n) is 6.98. The van der Waals surface area contributed by atoms with E-state index in [1.54, 1.807) is 26.1 Å². The van der Waals surface area contributed by atoms with Crippen LogP contribution in [0.3, 0.4) is 0 Å². The predicted octanol–water partition coefficient (Wildman–Crippen LogP) is 3.66. The van der Waals surface area contributed by atoms with E-state index in [-0.39, 0.29) is 30.8 Å². The Bertz CT molecular complexity index is 1370. The average Bonchev–Trinajstić information content (AvgIpc) is 3.03. The first-order valence-corrected chi connectivity index (χ1v) is 11.4. The van der Waals surface area contributed by atoms with Crippen LogP contribution in [0, 0.1) is 12.7 Å². The Kier molecular flexibility index (Phi) is 5.75. The Labute approximate surface area is 177 Å². The molecule has 10 heteroatoms. The molecule has 4 aromatic rings. The molecule has 162 valence electrons. The predicted molar refractivity (Wildman–Crippen MR) is 116 cm³/mol. The molecule has 0 spiro atoms. The fourth-order valence-corrected chi connectivity index (χ4v) is 5.16. The molecule has 31 heavy (non-hydrogen) atoms. The summed E-state index contributed by atoms with van der Waals surface area (Å²) in [4.78, 5) is 24.1. The molecule has 0 aliphatic heterocycles. The van der Waals surface area contributed by atoms with Crippen LogP contribution in [0.1, 0.15) is 25.1 Å². The number of rotatable bonds is 7. The van der Waals surface area contributed by atoms with Gasteiger partial charge in [0.05, 0.1) is 42.3 Å². The zero-order valence-corrected chi connectivity index (χ0v) is 18.3. The number of fused-ring (bicyclic) bond motifs is 3. The molecule has 4 rings (SSSR count). The Morgan fingerprint density at radius 1 is 1.16 bits per heavy atom. The Morgan fingerprint density at radius 2 is 1.90 bits per heavy atom. The average molecular weight is 444 g/mol. The second kappa shape index (κ2) is 8.34. The molecule has 0 atom stereocenters. The molecule has 0 bridgehead atoms. The van der Waals surface area contributed by atoms with Crippen molar-refractivity contribution in [2.24, 2.45) is 0 Å². The van der Waals surface area contributed by atoms with Crippen molar-refractivity contribution in [3.05, 3.63) is 64.1 Å². The summed E-state index contributed by atoms with van der Waals surface area (Å²) in [6.07, 6.45) is 1.56. The van der Waals surface area contributed by atoms with Crippen LogP contribution in [0.2, 0.25) is 0 Å². The van der Waals surface area contributed by atoms with E-state index in [0.29, 0.717) is 22.2 Å². The maximum atomic E-state index is 14.9. The molecule has 3 heterocycles. The monoisotopic (exact) mass is 444 g/mol. The lowest BCUT2D eigenvalue weighted by Gasteiger charge is -2.18. The van der Waals surface area contributed by atoms with Crippen molar-refractivity contribution in [3.63, 3.8) is 0 Å². The fraction of sp³-hybridized carbons (Fsp3) is 0.286. The highest BCUT2D eigenvalue weighted by molar-refractivity contribution is 7.62. The zero-order chi connectivity index (χ0) is 22.2. The third-order valence-corrected chi connectivity index (χ3v) is 6.99. The third kappa shape index (κ3) is 3.92. The zero-order valence-electron chi connectivity index (χ0n) is 17.4. The van der Waals surface area contributed by atoms with Crippen molar-refractivity contribution in [2.75, 3.05) is 13.2 Å². The van der Waals surface area contributed by atoms with Gasteiger partial charge >= 0.3 is 13.3 Å². The fourth-order valence-electron chi connectivity index (χ4n) is 3.55. The number of hydrogen-bond donors (Lipinski definition) is 1. The summed E-state index contributed by atoms with van der Waals surface area (Å²) >= 11 is 0. The Morgan fingerprint density at radius 3 is 2.58 bits per heavy atom. The first-order chi connectivity index (χ1) is 14.9. The highest BCUT2D eigenvalue weighted by atomic mass is 31.2. The summed E-state index contributed by atoms with van der Waals surface area (Å²) in [5, 5.41) is 0.594. The Hall–Kier alpha value is -2.87. The summed E-state index contributed by atoms with van der Waals surface area (Å²) < 4.78 is 39.8. The van der Waals surface area contributed by atoms with Gasteiger partial charge in [0.2, 0.25) is 0 Å². The summed E-state index contributed by atoms with van der Waals surface area (Å²) in [5.41, 5.74) is 2.72. The minimum absolute atomic E-state index is 0.108. The number of aryl methyl sites for hydroxylation is 1. The van der Waals surface area contributed by atoms with Crippen molar-refractivity contribution < 1.29 is 18.0 Å². The molecule has 1 aromatic carbocycles. The first-order valence-electron chi connectivity index (χ1n) is 9.89.